The predicted molar refractivity (Wildman–Crippen MR) is 73.8 cm³/mol. The van der Waals surface area contributed by atoms with Gasteiger partial charge in [-0.1, -0.05) is 13.3 Å². The van der Waals surface area contributed by atoms with Gasteiger partial charge in [0.1, 0.15) is 0 Å². The fraction of sp³-hybridized carbons (Fsp3) is 0.857. The predicted octanol–water partition coefficient (Wildman–Crippen LogP) is 1.19. The number of carbonyl (C=O) groups excluding carboxylic acids is 1. The molecule has 0 radical (unpaired) electrons. The van der Waals surface area contributed by atoms with Crippen molar-refractivity contribution in [3.05, 3.63) is 0 Å². The SMILES string of the molecule is CCC1CC(C(=O)O)C(C(=O)NC(C)CN(C)C)C1. The highest BCUT2D eigenvalue weighted by atomic mass is 16.4. The molecule has 0 aromatic carbocycles. The topological polar surface area (TPSA) is 69.6 Å². The van der Waals surface area contributed by atoms with Gasteiger partial charge in [-0.2, -0.15) is 0 Å². The Morgan fingerprint density at radius 3 is 2.37 bits per heavy atom. The molecule has 0 saturated heterocycles. The van der Waals surface area contributed by atoms with Crippen LogP contribution in [0.25, 0.3) is 0 Å². The van der Waals surface area contributed by atoms with Gasteiger partial charge in [0.25, 0.3) is 0 Å². The number of hydrogen-bond acceptors (Lipinski definition) is 3. The van der Waals surface area contributed by atoms with Crippen molar-refractivity contribution in [1.29, 1.82) is 0 Å². The number of nitrogens with one attached hydrogen (secondary N) is 1. The van der Waals surface area contributed by atoms with E-state index in [0.717, 1.165) is 13.0 Å². The first-order chi connectivity index (χ1) is 8.85. The molecule has 1 amide bonds. The summed E-state index contributed by atoms with van der Waals surface area (Å²) in [6.07, 6.45) is 2.28. The number of likely N-dealkylation sites (N-methyl/N-ethyl adjacent to an activating group) is 1. The number of carbonyl (C=O) groups is 2. The fourth-order valence-corrected chi connectivity index (χ4v) is 2.98. The first-order valence-electron chi connectivity index (χ1n) is 7.03. The lowest BCUT2D eigenvalue weighted by atomic mass is 9.95. The Hall–Kier alpha value is -1.10. The van der Waals surface area contributed by atoms with Crippen molar-refractivity contribution in [2.24, 2.45) is 17.8 Å². The molecule has 1 saturated carbocycles. The molecule has 1 fully saturated rings. The highest BCUT2D eigenvalue weighted by Crippen LogP contribution is 2.38. The highest BCUT2D eigenvalue weighted by Gasteiger charge is 2.42. The van der Waals surface area contributed by atoms with E-state index in [-0.39, 0.29) is 17.9 Å². The van der Waals surface area contributed by atoms with Crippen molar-refractivity contribution in [1.82, 2.24) is 10.2 Å². The van der Waals surface area contributed by atoms with E-state index in [9.17, 15) is 14.7 Å². The van der Waals surface area contributed by atoms with Gasteiger partial charge in [0.05, 0.1) is 11.8 Å². The van der Waals surface area contributed by atoms with Crippen LogP contribution >= 0.6 is 0 Å². The molecule has 4 atom stereocenters. The summed E-state index contributed by atoms with van der Waals surface area (Å²) in [5, 5.41) is 12.2. The summed E-state index contributed by atoms with van der Waals surface area (Å²) in [6.45, 7) is 4.76. The molecule has 1 aliphatic carbocycles. The monoisotopic (exact) mass is 270 g/mol. The summed E-state index contributed by atoms with van der Waals surface area (Å²) < 4.78 is 0. The Labute approximate surface area is 115 Å². The second-order valence-corrected chi connectivity index (χ2v) is 5.97. The maximum atomic E-state index is 12.2. The minimum absolute atomic E-state index is 0.0395. The smallest absolute Gasteiger partial charge is 0.307 e. The number of aliphatic carboxylic acids is 1. The molecule has 1 aliphatic rings. The van der Waals surface area contributed by atoms with E-state index in [1.807, 2.05) is 25.9 Å². The minimum Gasteiger partial charge on any atom is -0.481 e. The molecule has 0 spiro atoms. The quantitative estimate of drug-likeness (QED) is 0.760. The molecule has 0 aliphatic heterocycles. The summed E-state index contributed by atoms with van der Waals surface area (Å²) in [7, 11) is 3.90. The number of hydrogen-bond donors (Lipinski definition) is 2. The highest BCUT2D eigenvalue weighted by molar-refractivity contribution is 5.85. The lowest BCUT2D eigenvalue weighted by Gasteiger charge is -2.22. The molecule has 4 unspecified atom stereocenters. The first-order valence-corrected chi connectivity index (χ1v) is 7.03. The normalized spacial score (nSPS) is 28.4. The Bertz CT molecular complexity index is 331. The van der Waals surface area contributed by atoms with Crippen molar-refractivity contribution >= 4 is 11.9 Å². The molecule has 0 aromatic rings. The zero-order valence-electron chi connectivity index (χ0n) is 12.3. The standard InChI is InChI=1S/C14H26N2O3/c1-5-10-6-11(12(7-10)14(18)19)13(17)15-9(2)8-16(3)4/h9-12H,5-8H2,1-4H3,(H,15,17)(H,18,19). The molecule has 5 nitrogen and oxygen atoms in total. The zero-order valence-corrected chi connectivity index (χ0v) is 12.3. The van der Waals surface area contributed by atoms with Crippen LogP contribution in [0.2, 0.25) is 0 Å². The largest absolute Gasteiger partial charge is 0.481 e. The second kappa shape index (κ2) is 6.89. The summed E-state index contributed by atoms with van der Waals surface area (Å²) in [5.74, 6) is -1.46. The van der Waals surface area contributed by atoms with E-state index in [4.69, 9.17) is 0 Å². The Balaban J connectivity index is 2.61. The zero-order chi connectivity index (χ0) is 14.6. The molecular weight excluding hydrogens is 244 g/mol. The van der Waals surface area contributed by atoms with E-state index >= 15 is 0 Å². The van der Waals surface area contributed by atoms with Crippen LogP contribution in [0.4, 0.5) is 0 Å². The third kappa shape index (κ3) is 4.49. The van der Waals surface area contributed by atoms with Crippen LogP contribution in [-0.4, -0.2) is 48.6 Å². The van der Waals surface area contributed by atoms with Crippen LogP contribution in [0.3, 0.4) is 0 Å². The van der Waals surface area contributed by atoms with Gasteiger partial charge < -0.3 is 15.3 Å². The van der Waals surface area contributed by atoms with E-state index < -0.39 is 11.9 Å². The third-order valence-electron chi connectivity index (χ3n) is 3.92. The van der Waals surface area contributed by atoms with E-state index in [2.05, 4.69) is 12.2 Å². The molecule has 19 heavy (non-hydrogen) atoms. The molecule has 0 heterocycles. The first kappa shape index (κ1) is 16.0. The van der Waals surface area contributed by atoms with Crippen LogP contribution in [0.15, 0.2) is 0 Å². The minimum atomic E-state index is -0.837. The fourth-order valence-electron chi connectivity index (χ4n) is 2.98. The molecule has 5 heteroatoms. The van der Waals surface area contributed by atoms with Crippen LogP contribution in [0, 0.1) is 17.8 Å². The molecule has 2 N–H and O–H groups in total. The summed E-state index contributed by atoms with van der Waals surface area (Å²) in [5.41, 5.74) is 0. The van der Waals surface area contributed by atoms with Crippen LogP contribution in [0.5, 0.6) is 0 Å². The van der Waals surface area contributed by atoms with Crippen LogP contribution in [0.1, 0.15) is 33.1 Å². The van der Waals surface area contributed by atoms with Gasteiger partial charge in [0.15, 0.2) is 0 Å². The maximum Gasteiger partial charge on any atom is 0.307 e. The van der Waals surface area contributed by atoms with Gasteiger partial charge >= 0.3 is 5.97 Å². The van der Waals surface area contributed by atoms with Crippen molar-refractivity contribution in [3.63, 3.8) is 0 Å². The van der Waals surface area contributed by atoms with Gasteiger partial charge in [0, 0.05) is 12.6 Å². The van der Waals surface area contributed by atoms with Gasteiger partial charge in [0.2, 0.25) is 5.91 Å². The Kier molecular flexibility index (Phi) is 5.79. The van der Waals surface area contributed by atoms with Crippen LogP contribution in [-0.2, 0) is 9.59 Å². The van der Waals surface area contributed by atoms with Crippen LogP contribution < -0.4 is 5.32 Å². The van der Waals surface area contributed by atoms with Crippen molar-refractivity contribution in [3.8, 4) is 0 Å². The van der Waals surface area contributed by atoms with Gasteiger partial charge in [-0.05, 0) is 39.8 Å². The average Bonchev–Trinajstić information content (AvgIpc) is 2.71. The molecule has 1 rings (SSSR count). The van der Waals surface area contributed by atoms with Gasteiger partial charge in [-0.15, -0.1) is 0 Å². The summed E-state index contributed by atoms with van der Waals surface area (Å²) in [6, 6.07) is 0.0395. The van der Waals surface area contributed by atoms with E-state index in [1.165, 1.54) is 0 Å². The lowest BCUT2D eigenvalue weighted by molar-refractivity contribution is -0.146. The Morgan fingerprint density at radius 1 is 1.32 bits per heavy atom. The Morgan fingerprint density at radius 2 is 1.89 bits per heavy atom. The number of carboxylic acid groups (broad SMARTS) is 1. The molecule has 0 bridgehead atoms. The third-order valence-corrected chi connectivity index (χ3v) is 3.92. The summed E-state index contributed by atoms with van der Waals surface area (Å²) >= 11 is 0. The average molecular weight is 270 g/mol. The molecule has 110 valence electrons. The van der Waals surface area contributed by atoms with Gasteiger partial charge in [-0.25, -0.2) is 0 Å². The summed E-state index contributed by atoms with van der Waals surface area (Å²) in [4.78, 5) is 25.5. The molecule has 0 aromatic heterocycles. The van der Waals surface area contributed by atoms with Gasteiger partial charge in [-0.3, -0.25) is 9.59 Å². The second-order valence-electron chi connectivity index (χ2n) is 5.97. The van der Waals surface area contributed by atoms with E-state index in [1.54, 1.807) is 0 Å². The van der Waals surface area contributed by atoms with Crippen molar-refractivity contribution in [2.75, 3.05) is 20.6 Å². The van der Waals surface area contributed by atoms with E-state index in [0.29, 0.717) is 18.8 Å². The number of amides is 1. The number of rotatable bonds is 6. The number of nitrogens with zero attached hydrogens (tertiary/aromatic N) is 1. The maximum absolute atomic E-state index is 12.2. The van der Waals surface area contributed by atoms with Crippen molar-refractivity contribution < 1.29 is 14.7 Å². The number of carboxylic acids is 1. The lowest BCUT2D eigenvalue weighted by Crippen LogP contribution is -2.44. The molecular formula is C14H26N2O3. The van der Waals surface area contributed by atoms with Crippen molar-refractivity contribution in [2.45, 2.75) is 39.2 Å².